The van der Waals surface area contributed by atoms with Gasteiger partial charge in [-0.05, 0) is 67.1 Å². The van der Waals surface area contributed by atoms with Gasteiger partial charge in [0, 0.05) is 17.4 Å². The number of aliphatic hydroxyl groups is 2. The number of hydrogen-bond donors (Lipinski definition) is 4. The first kappa shape index (κ1) is 21.4. The summed E-state index contributed by atoms with van der Waals surface area (Å²) in [6.45, 7) is 1.10. The van der Waals surface area contributed by atoms with Gasteiger partial charge >= 0.3 is 0 Å². The van der Waals surface area contributed by atoms with E-state index in [9.17, 15) is 28.2 Å². The lowest BCUT2D eigenvalue weighted by atomic mass is 9.69. The highest BCUT2D eigenvalue weighted by Gasteiger charge is 2.39. The first-order valence-electron chi connectivity index (χ1n) is 10.1. The van der Waals surface area contributed by atoms with E-state index in [1.54, 1.807) is 12.1 Å². The zero-order chi connectivity index (χ0) is 22.3. The van der Waals surface area contributed by atoms with Gasteiger partial charge in [-0.3, -0.25) is 4.79 Å². The smallest absolute Gasteiger partial charge is 0.223 e. The molecule has 5 nitrogen and oxygen atoms in total. The Balaban J connectivity index is 1.65. The fourth-order valence-electron chi connectivity index (χ4n) is 4.20. The second-order valence-corrected chi connectivity index (χ2v) is 8.13. The molecule has 1 saturated carbocycles. The molecule has 1 unspecified atom stereocenters. The lowest BCUT2D eigenvalue weighted by Crippen LogP contribution is -2.49. The molecular formula is C23H23F3N2O3. The molecule has 0 aliphatic heterocycles. The van der Waals surface area contributed by atoms with Gasteiger partial charge < -0.3 is 20.5 Å². The van der Waals surface area contributed by atoms with Gasteiger partial charge in [0.15, 0.2) is 0 Å². The molecule has 1 aliphatic carbocycles. The Bertz CT molecular complexity index is 1110. The number of hydrogen-bond acceptors (Lipinski definition) is 3. The Labute approximate surface area is 176 Å². The molecule has 1 fully saturated rings. The average Bonchev–Trinajstić information content (AvgIpc) is 3.05. The van der Waals surface area contributed by atoms with E-state index in [1.807, 2.05) is 0 Å². The molecule has 0 bridgehead atoms. The van der Waals surface area contributed by atoms with Gasteiger partial charge in [-0.1, -0.05) is 0 Å². The molecule has 2 aromatic carbocycles. The molecule has 4 N–H and O–H groups in total. The highest BCUT2D eigenvalue weighted by Crippen LogP contribution is 2.48. The van der Waals surface area contributed by atoms with Gasteiger partial charge in [-0.15, -0.1) is 0 Å². The van der Waals surface area contributed by atoms with Crippen LogP contribution < -0.4 is 5.32 Å². The van der Waals surface area contributed by atoms with Crippen LogP contribution in [0.5, 0.6) is 0 Å². The van der Waals surface area contributed by atoms with Crippen LogP contribution in [0.1, 0.15) is 31.2 Å². The molecule has 164 valence electrons. The number of fused-ring (bicyclic) bond motifs is 1. The Morgan fingerprint density at radius 2 is 1.84 bits per heavy atom. The lowest BCUT2D eigenvalue weighted by molar-refractivity contribution is -0.130. The Kier molecular flexibility index (Phi) is 5.77. The van der Waals surface area contributed by atoms with Gasteiger partial charge in [0.05, 0.1) is 30.0 Å². The molecule has 4 rings (SSSR count). The summed E-state index contributed by atoms with van der Waals surface area (Å²) in [7, 11) is 0. The van der Waals surface area contributed by atoms with Crippen LogP contribution in [0, 0.1) is 23.4 Å². The normalized spacial score (nSPS) is 20.3. The van der Waals surface area contributed by atoms with Crippen LogP contribution in [0.2, 0.25) is 0 Å². The number of nitrogens with one attached hydrogen (secondary N) is 2. The second kappa shape index (κ2) is 8.36. The molecule has 1 aromatic heterocycles. The van der Waals surface area contributed by atoms with Gasteiger partial charge in [0.25, 0.3) is 0 Å². The number of carbonyl (C=O) groups is 1. The lowest BCUT2D eigenvalue weighted by Gasteiger charge is -2.36. The number of halogens is 3. The summed E-state index contributed by atoms with van der Waals surface area (Å²) in [5, 5.41) is 21.9. The van der Waals surface area contributed by atoms with E-state index in [2.05, 4.69) is 10.3 Å². The third-order valence-electron chi connectivity index (χ3n) is 6.02. The van der Waals surface area contributed by atoms with Gasteiger partial charge in [-0.25, -0.2) is 13.2 Å². The van der Waals surface area contributed by atoms with Crippen molar-refractivity contribution < 1.29 is 28.2 Å². The van der Waals surface area contributed by atoms with E-state index >= 15 is 0 Å². The van der Waals surface area contributed by atoms with Crippen molar-refractivity contribution in [1.82, 2.24) is 10.3 Å². The van der Waals surface area contributed by atoms with Crippen molar-refractivity contribution in [3.05, 3.63) is 59.4 Å². The van der Waals surface area contributed by atoms with Gasteiger partial charge in [0.1, 0.15) is 17.5 Å². The van der Waals surface area contributed by atoms with Gasteiger partial charge in [0.2, 0.25) is 5.91 Å². The van der Waals surface area contributed by atoms with Crippen molar-refractivity contribution >= 4 is 16.8 Å². The standard InChI is InChI=1S/C23H23F3N2O3/c1-11(30)19(10-29)27-23(31)14-6-13(7-14)20-17-8-16(25)9-18(26)22(17)28-21(20)12-2-4-15(24)5-3-12/h2-5,8-9,11,13-14,19,28-30H,6-7,10H2,1H3,(H,27,31)/t11?,13?,14?,19-/m1/s1. The third-order valence-corrected chi connectivity index (χ3v) is 6.02. The fraction of sp³-hybridized carbons (Fsp3) is 0.348. The molecule has 0 saturated heterocycles. The molecule has 1 heterocycles. The maximum Gasteiger partial charge on any atom is 0.223 e. The predicted octanol–water partition coefficient (Wildman–Crippen LogP) is 3.60. The Morgan fingerprint density at radius 3 is 2.45 bits per heavy atom. The number of aromatic nitrogens is 1. The van der Waals surface area contributed by atoms with Crippen molar-refractivity contribution in [2.45, 2.75) is 37.8 Å². The van der Waals surface area contributed by atoms with E-state index in [1.165, 1.54) is 25.1 Å². The van der Waals surface area contributed by atoms with E-state index in [0.717, 1.165) is 6.07 Å². The molecule has 0 radical (unpaired) electrons. The third kappa shape index (κ3) is 4.05. The van der Waals surface area contributed by atoms with E-state index in [4.69, 9.17) is 0 Å². The number of rotatable bonds is 6. The molecular weight excluding hydrogens is 409 g/mol. The van der Waals surface area contributed by atoms with E-state index in [-0.39, 0.29) is 29.9 Å². The van der Waals surface area contributed by atoms with Crippen LogP contribution in [0.4, 0.5) is 13.2 Å². The van der Waals surface area contributed by atoms with E-state index < -0.39 is 29.6 Å². The minimum absolute atomic E-state index is 0.134. The highest BCUT2D eigenvalue weighted by atomic mass is 19.1. The largest absolute Gasteiger partial charge is 0.394 e. The van der Waals surface area contributed by atoms with Crippen LogP contribution in [0.25, 0.3) is 22.2 Å². The molecule has 31 heavy (non-hydrogen) atoms. The minimum Gasteiger partial charge on any atom is -0.394 e. The summed E-state index contributed by atoms with van der Waals surface area (Å²) in [5.74, 6) is -2.59. The van der Waals surface area contributed by atoms with Crippen molar-refractivity contribution in [2.75, 3.05) is 6.61 Å². The van der Waals surface area contributed by atoms with Gasteiger partial charge in [-0.2, -0.15) is 0 Å². The summed E-state index contributed by atoms with van der Waals surface area (Å²) < 4.78 is 41.8. The molecule has 2 atom stereocenters. The van der Waals surface area contributed by atoms with Crippen molar-refractivity contribution in [3.8, 4) is 11.3 Å². The summed E-state index contributed by atoms with van der Waals surface area (Å²) in [4.78, 5) is 15.5. The van der Waals surface area contributed by atoms with Crippen LogP contribution in [-0.2, 0) is 4.79 Å². The van der Waals surface area contributed by atoms with Crippen LogP contribution in [0.3, 0.4) is 0 Å². The van der Waals surface area contributed by atoms with Crippen molar-refractivity contribution in [3.63, 3.8) is 0 Å². The predicted molar refractivity (Wildman–Crippen MR) is 110 cm³/mol. The summed E-state index contributed by atoms with van der Waals surface area (Å²) >= 11 is 0. The highest BCUT2D eigenvalue weighted by molar-refractivity contribution is 5.92. The van der Waals surface area contributed by atoms with Crippen LogP contribution >= 0.6 is 0 Å². The SMILES string of the molecule is CC(O)[C@@H](CO)NC(=O)C1CC(c2c(-c3ccc(F)cc3)[nH]c3c(F)cc(F)cc23)C1. The molecule has 0 spiro atoms. The molecule has 3 aromatic rings. The first-order chi connectivity index (χ1) is 14.8. The summed E-state index contributed by atoms with van der Waals surface area (Å²) in [6.07, 6.45) is 0.000975. The Hall–Kier alpha value is -2.84. The maximum absolute atomic E-state index is 14.4. The number of amides is 1. The summed E-state index contributed by atoms with van der Waals surface area (Å²) in [5.41, 5.74) is 2.06. The molecule has 1 aliphatic rings. The molecule has 8 heteroatoms. The number of aliphatic hydroxyl groups excluding tert-OH is 2. The molecule has 1 amide bonds. The number of H-pyrrole nitrogens is 1. The average molecular weight is 432 g/mol. The minimum atomic E-state index is -0.894. The Morgan fingerprint density at radius 1 is 1.16 bits per heavy atom. The number of carbonyl (C=O) groups excluding carboxylic acids is 1. The van der Waals surface area contributed by atoms with Crippen molar-refractivity contribution in [2.24, 2.45) is 5.92 Å². The van der Waals surface area contributed by atoms with Crippen LogP contribution in [-0.4, -0.2) is 39.9 Å². The maximum atomic E-state index is 14.4. The van der Waals surface area contributed by atoms with Crippen LogP contribution in [0.15, 0.2) is 36.4 Å². The summed E-state index contributed by atoms with van der Waals surface area (Å²) in [6, 6.07) is 7.04. The monoisotopic (exact) mass is 432 g/mol. The quantitative estimate of drug-likeness (QED) is 0.480. The zero-order valence-electron chi connectivity index (χ0n) is 16.8. The van der Waals surface area contributed by atoms with Crippen molar-refractivity contribution in [1.29, 1.82) is 0 Å². The first-order valence-corrected chi connectivity index (χ1v) is 10.1. The second-order valence-electron chi connectivity index (χ2n) is 8.13. The fourth-order valence-corrected chi connectivity index (χ4v) is 4.20. The number of benzene rings is 2. The topological polar surface area (TPSA) is 85.3 Å². The zero-order valence-corrected chi connectivity index (χ0v) is 16.8. The number of aromatic amines is 1. The van der Waals surface area contributed by atoms with E-state index in [0.29, 0.717) is 35.0 Å².